The van der Waals surface area contributed by atoms with Crippen molar-refractivity contribution in [2.45, 2.75) is 71.8 Å². The van der Waals surface area contributed by atoms with Gasteiger partial charge in [-0.1, -0.05) is 41.5 Å². The van der Waals surface area contributed by atoms with Gasteiger partial charge >= 0.3 is 5.69 Å². The molecule has 0 aromatic carbocycles. The Morgan fingerprint density at radius 1 is 0.906 bits per heavy atom. The summed E-state index contributed by atoms with van der Waals surface area (Å²) >= 11 is 0. The van der Waals surface area contributed by atoms with Gasteiger partial charge in [0, 0.05) is 49.6 Å². The summed E-state index contributed by atoms with van der Waals surface area (Å²) in [6, 6.07) is 2.15. The average Bonchev–Trinajstić information content (AvgIpc) is 2.71. The third-order valence-electron chi connectivity index (χ3n) is 5.72. The van der Waals surface area contributed by atoms with E-state index in [0.717, 1.165) is 69.1 Å². The fraction of sp³-hybridized carbons (Fsp3) is 0.696. The van der Waals surface area contributed by atoms with Gasteiger partial charge in [-0.2, -0.15) is 5.10 Å². The van der Waals surface area contributed by atoms with Gasteiger partial charge in [0.15, 0.2) is 0 Å². The molecule has 0 aliphatic carbocycles. The summed E-state index contributed by atoms with van der Waals surface area (Å²) in [4.78, 5) is 39.6. The van der Waals surface area contributed by atoms with E-state index in [1.807, 2.05) is 0 Å². The Labute approximate surface area is 189 Å². The Hall–Kier alpha value is -2.55. The van der Waals surface area contributed by atoms with Crippen molar-refractivity contribution in [1.29, 1.82) is 0 Å². The predicted molar refractivity (Wildman–Crippen MR) is 126 cm³/mol. The number of H-pyrrole nitrogens is 1. The van der Waals surface area contributed by atoms with Crippen molar-refractivity contribution in [3.8, 4) is 0 Å². The van der Waals surface area contributed by atoms with Crippen molar-refractivity contribution in [1.82, 2.24) is 29.6 Å². The van der Waals surface area contributed by atoms with Crippen LogP contribution in [0.25, 0.3) is 0 Å². The molecular formula is C23H37N7O2. The number of rotatable bonds is 6. The van der Waals surface area contributed by atoms with Crippen LogP contribution in [0.15, 0.2) is 21.9 Å². The van der Waals surface area contributed by atoms with Gasteiger partial charge in [-0.15, -0.1) is 0 Å². The highest BCUT2D eigenvalue weighted by molar-refractivity contribution is 5.42. The topological polar surface area (TPSA) is 100 Å². The van der Waals surface area contributed by atoms with Crippen LogP contribution in [0.1, 0.15) is 65.9 Å². The lowest BCUT2D eigenvalue weighted by Crippen LogP contribution is -2.47. The molecule has 2 aromatic heterocycles. The first kappa shape index (κ1) is 24.1. The van der Waals surface area contributed by atoms with Crippen LogP contribution in [0.4, 0.5) is 5.82 Å². The standard InChI is InChI=1S/C23H37N7O2/c1-22(2,3)17-15-18(26-20(25-17)23(4,5)6)29-13-11-28(12-14-29)9-7-8-10-30-21(32)27-19(31)16-24-30/h15-16H,7-14H2,1-6H3,(H,27,31,32). The van der Waals surface area contributed by atoms with E-state index < -0.39 is 11.2 Å². The van der Waals surface area contributed by atoms with Gasteiger partial charge < -0.3 is 4.90 Å². The van der Waals surface area contributed by atoms with Crippen molar-refractivity contribution in [3.63, 3.8) is 0 Å². The molecule has 0 atom stereocenters. The number of aromatic amines is 1. The summed E-state index contributed by atoms with van der Waals surface area (Å²) in [5.74, 6) is 1.92. The third-order valence-corrected chi connectivity index (χ3v) is 5.72. The van der Waals surface area contributed by atoms with E-state index in [9.17, 15) is 9.59 Å². The van der Waals surface area contributed by atoms with Crippen molar-refractivity contribution in [2.75, 3.05) is 37.6 Å². The summed E-state index contributed by atoms with van der Waals surface area (Å²) < 4.78 is 1.31. The fourth-order valence-electron chi connectivity index (χ4n) is 3.65. The lowest BCUT2D eigenvalue weighted by atomic mass is 9.90. The molecule has 0 spiro atoms. The van der Waals surface area contributed by atoms with Crippen LogP contribution in [-0.2, 0) is 17.4 Å². The van der Waals surface area contributed by atoms with Crippen molar-refractivity contribution < 1.29 is 0 Å². The minimum atomic E-state index is -0.461. The number of anilines is 1. The van der Waals surface area contributed by atoms with Gasteiger partial charge in [0.1, 0.15) is 17.8 Å². The maximum Gasteiger partial charge on any atom is 0.344 e. The van der Waals surface area contributed by atoms with E-state index in [0.29, 0.717) is 6.54 Å². The zero-order valence-corrected chi connectivity index (χ0v) is 20.3. The number of hydrogen-bond acceptors (Lipinski definition) is 7. The number of unbranched alkanes of at least 4 members (excludes halogenated alkanes) is 1. The summed E-state index contributed by atoms with van der Waals surface area (Å²) in [6.07, 6.45) is 2.96. The summed E-state index contributed by atoms with van der Waals surface area (Å²) in [5, 5.41) is 3.88. The number of nitrogens with zero attached hydrogens (tertiary/aromatic N) is 6. The van der Waals surface area contributed by atoms with Crippen LogP contribution < -0.4 is 16.1 Å². The number of hydrogen-bond donors (Lipinski definition) is 1. The average molecular weight is 444 g/mol. The molecule has 0 radical (unpaired) electrons. The molecule has 3 heterocycles. The smallest absolute Gasteiger partial charge is 0.344 e. The van der Waals surface area contributed by atoms with Gasteiger partial charge in [0.2, 0.25) is 0 Å². The zero-order chi connectivity index (χ0) is 23.5. The second-order valence-electron chi connectivity index (χ2n) is 10.6. The first-order valence-corrected chi connectivity index (χ1v) is 11.5. The Balaban J connectivity index is 1.55. The lowest BCUT2D eigenvalue weighted by molar-refractivity contribution is 0.249. The van der Waals surface area contributed by atoms with Gasteiger partial charge in [0.05, 0.1) is 5.69 Å². The van der Waals surface area contributed by atoms with Crippen LogP contribution in [0.2, 0.25) is 0 Å². The summed E-state index contributed by atoms with van der Waals surface area (Å²) in [7, 11) is 0. The first-order valence-electron chi connectivity index (χ1n) is 11.5. The molecule has 1 N–H and O–H groups in total. The number of nitrogens with one attached hydrogen (secondary N) is 1. The minimum Gasteiger partial charge on any atom is -0.354 e. The Kier molecular flexibility index (Phi) is 7.17. The maximum absolute atomic E-state index is 11.7. The Morgan fingerprint density at radius 2 is 1.56 bits per heavy atom. The largest absolute Gasteiger partial charge is 0.354 e. The lowest BCUT2D eigenvalue weighted by Gasteiger charge is -2.36. The van der Waals surface area contributed by atoms with Crippen LogP contribution in [-0.4, -0.2) is 62.4 Å². The number of piperazine rings is 1. The molecule has 0 unspecified atom stereocenters. The van der Waals surface area contributed by atoms with Crippen LogP contribution in [0, 0.1) is 0 Å². The molecule has 3 rings (SSSR count). The monoisotopic (exact) mass is 443 g/mol. The molecular weight excluding hydrogens is 406 g/mol. The van der Waals surface area contributed by atoms with E-state index >= 15 is 0 Å². The molecule has 0 saturated carbocycles. The molecule has 1 aliphatic rings. The Morgan fingerprint density at radius 3 is 2.16 bits per heavy atom. The third kappa shape index (κ3) is 6.25. The molecule has 2 aromatic rings. The Bertz CT molecular complexity index is 990. The van der Waals surface area contributed by atoms with E-state index in [1.165, 1.54) is 4.68 Å². The number of aryl methyl sites for hydroxylation is 1. The minimum absolute atomic E-state index is 0.0257. The molecule has 9 nitrogen and oxygen atoms in total. The van der Waals surface area contributed by atoms with Crippen LogP contribution in [0.5, 0.6) is 0 Å². The highest BCUT2D eigenvalue weighted by atomic mass is 16.2. The van der Waals surface area contributed by atoms with Crippen LogP contribution >= 0.6 is 0 Å². The quantitative estimate of drug-likeness (QED) is 0.681. The fourth-order valence-corrected chi connectivity index (χ4v) is 3.65. The van der Waals surface area contributed by atoms with Crippen molar-refractivity contribution in [2.24, 2.45) is 0 Å². The van der Waals surface area contributed by atoms with Gasteiger partial charge in [-0.3, -0.25) is 14.7 Å². The van der Waals surface area contributed by atoms with Crippen molar-refractivity contribution in [3.05, 3.63) is 44.6 Å². The van der Waals surface area contributed by atoms with E-state index in [1.54, 1.807) is 0 Å². The van der Waals surface area contributed by atoms with E-state index in [-0.39, 0.29) is 10.8 Å². The zero-order valence-electron chi connectivity index (χ0n) is 20.3. The second kappa shape index (κ2) is 9.52. The van der Waals surface area contributed by atoms with Crippen LogP contribution in [0.3, 0.4) is 0 Å². The van der Waals surface area contributed by atoms with E-state index in [4.69, 9.17) is 9.97 Å². The maximum atomic E-state index is 11.7. The molecule has 1 fully saturated rings. The van der Waals surface area contributed by atoms with E-state index in [2.05, 4.69) is 67.5 Å². The highest BCUT2D eigenvalue weighted by Gasteiger charge is 2.26. The molecule has 0 amide bonds. The molecule has 0 bridgehead atoms. The highest BCUT2D eigenvalue weighted by Crippen LogP contribution is 2.28. The summed E-state index contributed by atoms with van der Waals surface area (Å²) in [5.41, 5.74) is 0.0564. The number of aromatic nitrogens is 5. The van der Waals surface area contributed by atoms with Gasteiger partial charge in [-0.05, 0) is 19.4 Å². The molecule has 1 saturated heterocycles. The van der Waals surface area contributed by atoms with Gasteiger partial charge in [0.25, 0.3) is 5.56 Å². The molecule has 9 heteroatoms. The molecule has 176 valence electrons. The molecule has 1 aliphatic heterocycles. The molecule has 32 heavy (non-hydrogen) atoms. The first-order chi connectivity index (χ1) is 14.9. The second-order valence-corrected chi connectivity index (χ2v) is 10.6. The predicted octanol–water partition coefficient (Wildman–Crippen LogP) is 1.92. The summed E-state index contributed by atoms with van der Waals surface area (Å²) in [6.45, 7) is 18.4. The SMILES string of the molecule is CC(C)(C)c1cc(N2CCN(CCCCn3ncc(=O)[nH]c3=O)CC2)nc(C(C)(C)C)n1. The normalized spacial score (nSPS) is 15.9. The van der Waals surface area contributed by atoms with Gasteiger partial charge in [-0.25, -0.2) is 19.4 Å². The van der Waals surface area contributed by atoms with Crippen molar-refractivity contribution >= 4 is 5.82 Å².